The zero-order valence-corrected chi connectivity index (χ0v) is 12.8. The Morgan fingerprint density at radius 3 is 2.70 bits per heavy atom. The Hall–Kier alpha value is -2.89. The van der Waals surface area contributed by atoms with E-state index in [0.29, 0.717) is 12.1 Å². The number of pyridine rings is 1. The number of hydrogen-bond donors (Lipinski definition) is 2. The van der Waals surface area contributed by atoms with Crippen molar-refractivity contribution in [2.24, 2.45) is 0 Å². The van der Waals surface area contributed by atoms with Gasteiger partial charge in [0.1, 0.15) is 6.04 Å². The molecule has 6 heteroatoms. The molecule has 0 unspecified atom stereocenters. The summed E-state index contributed by atoms with van der Waals surface area (Å²) in [5, 5.41) is 5.41. The molecule has 0 spiro atoms. The fraction of sp³-hybridized carbons (Fsp3) is 0.235. The third-order valence-corrected chi connectivity index (χ3v) is 3.81. The van der Waals surface area contributed by atoms with E-state index in [1.54, 1.807) is 29.4 Å². The van der Waals surface area contributed by atoms with E-state index < -0.39 is 12.1 Å². The van der Waals surface area contributed by atoms with Gasteiger partial charge in [-0.05, 0) is 37.6 Å². The van der Waals surface area contributed by atoms with Gasteiger partial charge in [0.25, 0.3) is 0 Å². The van der Waals surface area contributed by atoms with Crippen LogP contribution in [-0.2, 0) is 4.79 Å². The van der Waals surface area contributed by atoms with Gasteiger partial charge in [-0.15, -0.1) is 0 Å². The smallest absolute Gasteiger partial charge is 0.319 e. The molecule has 1 aromatic carbocycles. The van der Waals surface area contributed by atoms with Crippen molar-refractivity contribution in [3.63, 3.8) is 0 Å². The Kier molecular flexibility index (Phi) is 4.23. The third-order valence-electron chi connectivity index (χ3n) is 3.81. The summed E-state index contributed by atoms with van der Waals surface area (Å²) in [7, 11) is 0. The van der Waals surface area contributed by atoms with E-state index in [4.69, 9.17) is 0 Å². The number of aromatic nitrogens is 1. The second kappa shape index (κ2) is 6.48. The molecular formula is C17H18N4O2. The minimum absolute atomic E-state index is 0.0357. The Labute approximate surface area is 134 Å². The van der Waals surface area contributed by atoms with Crippen molar-refractivity contribution in [3.8, 4) is 0 Å². The first-order valence-electron chi connectivity index (χ1n) is 7.51. The summed E-state index contributed by atoms with van der Waals surface area (Å²) in [4.78, 5) is 30.3. The Morgan fingerprint density at radius 1 is 1.22 bits per heavy atom. The summed E-state index contributed by atoms with van der Waals surface area (Å²) in [6, 6.07) is 12.1. The number of nitrogens with one attached hydrogen (secondary N) is 2. The van der Waals surface area contributed by atoms with Crippen LogP contribution in [0, 0.1) is 0 Å². The number of amides is 3. The van der Waals surface area contributed by atoms with Crippen LogP contribution in [0.5, 0.6) is 0 Å². The lowest BCUT2D eigenvalue weighted by Crippen LogP contribution is -2.43. The van der Waals surface area contributed by atoms with Crippen molar-refractivity contribution in [2.75, 3.05) is 10.2 Å². The second-order valence-electron chi connectivity index (χ2n) is 5.52. The van der Waals surface area contributed by atoms with Crippen LogP contribution in [0.1, 0.15) is 13.3 Å². The summed E-state index contributed by atoms with van der Waals surface area (Å²) >= 11 is 0. The van der Waals surface area contributed by atoms with E-state index in [1.807, 2.05) is 37.3 Å². The lowest BCUT2D eigenvalue weighted by Gasteiger charge is -2.21. The Balaban J connectivity index is 1.65. The molecule has 2 N–H and O–H groups in total. The number of carbonyl (C=O) groups is 2. The van der Waals surface area contributed by atoms with E-state index >= 15 is 0 Å². The standard InChI is InChI=1S/C17H18N4O2/c1-12-10-15(16(22)21(12)14-7-3-2-4-8-14)20-17(23)19-13-6-5-9-18-11-13/h2-9,11-12,15H,10H2,1H3,(H2,19,20,23)/t12-,15-/m0/s1. The summed E-state index contributed by atoms with van der Waals surface area (Å²) in [5.74, 6) is -0.0926. The molecule has 2 atom stereocenters. The number of rotatable bonds is 3. The molecule has 1 saturated heterocycles. The molecule has 3 amide bonds. The summed E-state index contributed by atoms with van der Waals surface area (Å²) in [5.41, 5.74) is 1.44. The van der Waals surface area contributed by atoms with Crippen LogP contribution in [0.15, 0.2) is 54.9 Å². The topological polar surface area (TPSA) is 74.3 Å². The minimum Gasteiger partial charge on any atom is -0.326 e. The summed E-state index contributed by atoms with van der Waals surface area (Å²) in [6.07, 6.45) is 3.76. The Morgan fingerprint density at radius 2 is 2.00 bits per heavy atom. The van der Waals surface area contributed by atoms with Crippen molar-refractivity contribution in [1.82, 2.24) is 10.3 Å². The largest absolute Gasteiger partial charge is 0.326 e. The second-order valence-corrected chi connectivity index (χ2v) is 5.52. The molecule has 0 aliphatic carbocycles. The van der Waals surface area contributed by atoms with Gasteiger partial charge in [0.2, 0.25) is 5.91 Å². The van der Waals surface area contributed by atoms with Crippen LogP contribution >= 0.6 is 0 Å². The van der Waals surface area contributed by atoms with Crippen molar-refractivity contribution < 1.29 is 9.59 Å². The lowest BCUT2D eigenvalue weighted by atomic mass is 10.2. The molecule has 1 aliphatic heterocycles. The van der Waals surface area contributed by atoms with Crippen molar-refractivity contribution >= 4 is 23.3 Å². The van der Waals surface area contributed by atoms with E-state index in [9.17, 15) is 9.59 Å². The number of para-hydroxylation sites is 1. The maximum Gasteiger partial charge on any atom is 0.319 e. The number of anilines is 2. The Bertz CT molecular complexity index is 690. The van der Waals surface area contributed by atoms with Crippen LogP contribution in [0.25, 0.3) is 0 Å². The van der Waals surface area contributed by atoms with E-state index in [2.05, 4.69) is 15.6 Å². The van der Waals surface area contributed by atoms with E-state index in [1.165, 1.54) is 0 Å². The molecule has 1 aromatic heterocycles. The predicted molar refractivity (Wildman–Crippen MR) is 88.2 cm³/mol. The molecule has 2 aromatic rings. The number of carbonyl (C=O) groups excluding carboxylic acids is 2. The normalized spacial score (nSPS) is 20.4. The van der Waals surface area contributed by atoms with Gasteiger partial charge in [-0.1, -0.05) is 18.2 Å². The molecule has 0 bridgehead atoms. The minimum atomic E-state index is -0.526. The van der Waals surface area contributed by atoms with Gasteiger partial charge in [-0.3, -0.25) is 9.78 Å². The molecule has 0 radical (unpaired) electrons. The fourth-order valence-corrected chi connectivity index (χ4v) is 2.79. The average Bonchev–Trinajstić information content (AvgIpc) is 2.83. The zero-order valence-electron chi connectivity index (χ0n) is 12.8. The zero-order chi connectivity index (χ0) is 16.2. The van der Waals surface area contributed by atoms with E-state index in [0.717, 1.165) is 5.69 Å². The predicted octanol–water partition coefficient (Wildman–Crippen LogP) is 2.40. The molecule has 1 aliphatic rings. The number of benzene rings is 1. The highest BCUT2D eigenvalue weighted by Gasteiger charge is 2.38. The summed E-state index contributed by atoms with van der Waals surface area (Å²) in [6.45, 7) is 1.98. The molecule has 1 fully saturated rings. The van der Waals surface area contributed by atoms with Crippen molar-refractivity contribution in [3.05, 3.63) is 54.9 Å². The molecule has 3 rings (SSSR count). The quantitative estimate of drug-likeness (QED) is 0.914. The molecule has 0 saturated carbocycles. The van der Waals surface area contributed by atoms with Gasteiger partial charge in [-0.2, -0.15) is 0 Å². The first-order chi connectivity index (χ1) is 11.1. The lowest BCUT2D eigenvalue weighted by molar-refractivity contribution is -0.118. The maximum absolute atomic E-state index is 12.6. The van der Waals surface area contributed by atoms with Gasteiger partial charge in [0.05, 0.1) is 11.9 Å². The molecule has 2 heterocycles. The van der Waals surface area contributed by atoms with Crippen molar-refractivity contribution in [2.45, 2.75) is 25.4 Å². The van der Waals surface area contributed by atoms with Gasteiger partial charge in [0.15, 0.2) is 0 Å². The van der Waals surface area contributed by atoms with Crippen LogP contribution in [-0.4, -0.2) is 29.0 Å². The van der Waals surface area contributed by atoms with E-state index in [-0.39, 0.29) is 11.9 Å². The SMILES string of the molecule is C[C@H]1C[C@H](NC(=O)Nc2cccnc2)C(=O)N1c1ccccc1. The van der Waals surface area contributed by atoms with Gasteiger partial charge >= 0.3 is 6.03 Å². The van der Waals surface area contributed by atoms with Crippen LogP contribution < -0.4 is 15.5 Å². The molecule has 6 nitrogen and oxygen atoms in total. The highest BCUT2D eigenvalue weighted by Crippen LogP contribution is 2.26. The number of urea groups is 1. The number of hydrogen-bond acceptors (Lipinski definition) is 3. The molecule has 118 valence electrons. The molecular weight excluding hydrogens is 292 g/mol. The summed E-state index contributed by atoms with van der Waals surface area (Å²) < 4.78 is 0. The van der Waals surface area contributed by atoms with Crippen LogP contribution in [0.3, 0.4) is 0 Å². The number of nitrogens with zero attached hydrogens (tertiary/aromatic N) is 2. The van der Waals surface area contributed by atoms with Crippen LogP contribution in [0.4, 0.5) is 16.2 Å². The highest BCUT2D eigenvalue weighted by molar-refractivity contribution is 6.03. The van der Waals surface area contributed by atoms with Crippen LogP contribution in [0.2, 0.25) is 0 Å². The first-order valence-corrected chi connectivity index (χ1v) is 7.51. The average molecular weight is 310 g/mol. The highest BCUT2D eigenvalue weighted by atomic mass is 16.2. The van der Waals surface area contributed by atoms with Gasteiger partial charge in [-0.25, -0.2) is 4.79 Å². The van der Waals surface area contributed by atoms with Gasteiger partial charge in [0, 0.05) is 17.9 Å². The third kappa shape index (κ3) is 3.31. The van der Waals surface area contributed by atoms with Crippen molar-refractivity contribution in [1.29, 1.82) is 0 Å². The monoisotopic (exact) mass is 310 g/mol. The first kappa shape index (κ1) is 15.0. The van der Waals surface area contributed by atoms with Gasteiger partial charge < -0.3 is 15.5 Å². The molecule has 23 heavy (non-hydrogen) atoms. The maximum atomic E-state index is 12.6. The fourth-order valence-electron chi connectivity index (χ4n) is 2.79.